The van der Waals surface area contributed by atoms with Crippen LogP contribution in [0.25, 0.3) is 21.5 Å². The molecular formula is C24H18. The van der Waals surface area contributed by atoms with E-state index in [1.807, 2.05) is 0 Å². The van der Waals surface area contributed by atoms with Gasteiger partial charge in [0.2, 0.25) is 0 Å². The largest absolute Gasteiger partial charge is 0.0732 e. The van der Waals surface area contributed by atoms with Crippen molar-refractivity contribution in [1.82, 2.24) is 0 Å². The fraction of sp³-hybridized carbons (Fsp3) is 0.0833. The Kier molecular flexibility index (Phi) is 3.02. The molecule has 0 N–H and O–H groups in total. The average molecular weight is 306 g/mol. The summed E-state index contributed by atoms with van der Waals surface area (Å²) in [5, 5.41) is 5.50. The third-order valence-electron chi connectivity index (χ3n) is 5.18. The van der Waals surface area contributed by atoms with Gasteiger partial charge in [0.1, 0.15) is 0 Å². The first-order chi connectivity index (χ1) is 11.9. The minimum atomic E-state index is 0.364. The van der Waals surface area contributed by atoms with Gasteiger partial charge >= 0.3 is 0 Å². The van der Waals surface area contributed by atoms with Crippen LogP contribution in [-0.2, 0) is 0 Å². The first kappa shape index (κ1) is 13.6. The lowest BCUT2D eigenvalue weighted by Gasteiger charge is -2.21. The van der Waals surface area contributed by atoms with Gasteiger partial charge in [-0.3, -0.25) is 0 Å². The van der Waals surface area contributed by atoms with Crippen LogP contribution >= 0.6 is 0 Å². The lowest BCUT2D eigenvalue weighted by atomic mass is 9.82. The van der Waals surface area contributed by atoms with Crippen molar-refractivity contribution >= 4 is 21.5 Å². The van der Waals surface area contributed by atoms with Gasteiger partial charge in [0.15, 0.2) is 0 Å². The Labute approximate surface area is 142 Å². The molecule has 3 aromatic rings. The van der Waals surface area contributed by atoms with E-state index in [2.05, 4.69) is 97.1 Å². The Bertz CT molecular complexity index is 893. The van der Waals surface area contributed by atoms with Gasteiger partial charge in [-0.1, -0.05) is 97.1 Å². The van der Waals surface area contributed by atoms with Crippen LogP contribution < -0.4 is 0 Å². The molecule has 0 aromatic heterocycles. The van der Waals surface area contributed by atoms with Crippen LogP contribution in [0.2, 0.25) is 0 Å². The third kappa shape index (κ3) is 1.93. The molecule has 0 heterocycles. The van der Waals surface area contributed by atoms with Gasteiger partial charge in [0.25, 0.3) is 0 Å². The van der Waals surface area contributed by atoms with E-state index in [4.69, 9.17) is 0 Å². The first-order valence-electron chi connectivity index (χ1n) is 8.57. The molecule has 0 amide bonds. The average Bonchev–Trinajstić information content (AvgIpc) is 3.33. The van der Waals surface area contributed by atoms with Gasteiger partial charge in [-0.15, -0.1) is 0 Å². The highest BCUT2D eigenvalue weighted by Gasteiger charge is 2.21. The van der Waals surface area contributed by atoms with Crippen molar-refractivity contribution in [3.8, 4) is 0 Å². The molecule has 0 radical (unpaired) electrons. The minimum absolute atomic E-state index is 0.364. The summed E-state index contributed by atoms with van der Waals surface area (Å²) in [6.45, 7) is 0. The standard InChI is InChI=1S/C24H18/c1-2-10-17(9-1)23-19-13-5-7-15-21(19)24(18-11-3-4-12-18)22-16-8-6-14-20(22)23/h1-18H. The second-order valence-electron chi connectivity index (χ2n) is 6.51. The summed E-state index contributed by atoms with van der Waals surface area (Å²) >= 11 is 0. The normalized spacial score (nSPS) is 17.0. The molecule has 0 atom stereocenters. The molecule has 0 saturated carbocycles. The summed E-state index contributed by atoms with van der Waals surface area (Å²) in [7, 11) is 0. The van der Waals surface area contributed by atoms with Crippen molar-refractivity contribution in [2.75, 3.05) is 0 Å². The van der Waals surface area contributed by atoms with Gasteiger partial charge in [-0.25, -0.2) is 0 Å². The van der Waals surface area contributed by atoms with Crippen LogP contribution in [0.5, 0.6) is 0 Å². The van der Waals surface area contributed by atoms with Crippen molar-refractivity contribution in [3.05, 3.63) is 108 Å². The molecular weight excluding hydrogens is 288 g/mol. The summed E-state index contributed by atoms with van der Waals surface area (Å²) in [5.74, 6) is 0.729. The fourth-order valence-corrected chi connectivity index (χ4v) is 4.16. The zero-order valence-corrected chi connectivity index (χ0v) is 13.4. The van der Waals surface area contributed by atoms with Gasteiger partial charge in [0, 0.05) is 11.8 Å². The molecule has 0 heteroatoms. The van der Waals surface area contributed by atoms with E-state index in [1.165, 1.54) is 32.7 Å². The number of allylic oxidation sites excluding steroid dienone is 8. The number of hydrogen-bond acceptors (Lipinski definition) is 0. The van der Waals surface area contributed by atoms with E-state index in [9.17, 15) is 0 Å². The molecule has 114 valence electrons. The van der Waals surface area contributed by atoms with E-state index in [0.29, 0.717) is 11.8 Å². The van der Waals surface area contributed by atoms with Crippen molar-refractivity contribution in [2.24, 2.45) is 0 Å². The van der Waals surface area contributed by atoms with Crippen LogP contribution in [0, 0.1) is 0 Å². The highest BCUT2D eigenvalue weighted by Crippen LogP contribution is 2.42. The third-order valence-corrected chi connectivity index (χ3v) is 5.18. The summed E-state index contributed by atoms with van der Waals surface area (Å²) in [6, 6.07) is 17.8. The summed E-state index contributed by atoms with van der Waals surface area (Å²) in [6.07, 6.45) is 17.8. The molecule has 0 fully saturated rings. The number of fused-ring (bicyclic) bond motifs is 2. The maximum Gasteiger partial charge on any atom is 0.0217 e. The molecule has 0 unspecified atom stereocenters. The zero-order valence-electron chi connectivity index (χ0n) is 13.4. The van der Waals surface area contributed by atoms with E-state index in [0.717, 1.165) is 0 Å². The topological polar surface area (TPSA) is 0 Å². The van der Waals surface area contributed by atoms with Crippen LogP contribution in [0.3, 0.4) is 0 Å². The molecule has 0 bridgehead atoms. The Hall–Kier alpha value is -2.86. The molecule has 0 nitrogen and oxygen atoms in total. The van der Waals surface area contributed by atoms with Crippen LogP contribution in [-0.4, -0.2) is 0 Å². The van der Waals surface area contributed by atoms with Gasteiger partial charge in [-0.05, 0) is 32.7 Å². The number of benzene rings is 3. The van der Waals surface area contributed by atoms with Gasteiger partial charge in [-0.2, -0.15) is 0 Å². The molecule has 24 heavy (non-hydrogen) atoms. The molecule has 3 aromatic carbocycles. The molecule has 0 spiro atoms. The predicted molar refractivity (Wildman–Crippen MR) is 103 cm³/mol. The Morgan fingerprint density at radius 2 is 0.708 bits per heavy atom. The smallest absolute Gasteiger partial charge is 0.0217 e. The maximum atomic E-state index is 2.29. The monoisotopic (exact) mass is 306 g/mol. The molecule has 2 aliphatic carbocycles. The minimum Gasteiger partial charge on any atom is -0.0732 e. The van der Waals surface area contributed by atoms with E-state index >= 15 is 0 Å². The van der Waals surface area contributed by atoms with Crippen LogP contribution in [0.15, 0.2) is 97.1 Å². The maximum absolute atomic E-state index is 2.29. The van der Waals surface area contributed by atoms with Crippen molar-refractivity contribution in [2.45, 2.75) is 11.8 Å². The van der Waals surface area contributed by atoms with Gasteiger partial charge in [0.05, 0.1) is 0 Å². The summed E-state index contributed by atoms with van der Waals surface area (Å²) < 4.78 is 0. The second-order valence-corrected chi connectivity index (χ2v) is 6.51. The first-order valence-corrected chi connectivity index (χ1v) is 8.57. The lowest BCUT2D eigenvalue weighted by molar-refractivity contribution is 1.12. The van der Waals surface area contributed by atoms with Crippen molar-refractivity contribution in [3.63, 3.8) is 0 Å². The van der Waals surface area contributed by atoms with Crippen LogP contribution in [0.1, 0.15) is 23.0 Å². The van der Waals surface area contributed by atoms with E-state index < -0.39 is 0 Å². The Balaban J connectivity index is 1.97. The van der Waals surface area contributed by atoms with Crippen LogP contribution in [0.4, 0.5) is 0 Å². The predicted octanol–water partition coefficient (Wildman–Crippen LogP) is 6.41. The summed E-state index contributed by atoms with van der Waals surface area (Å²) in [5.41, 5.74) is 2.86. The molecule has 0 saturated heterocycles. The zero-order chi connectivity index (χ0) is 15.9. The summed E-state index contributed by atoms with van der Waals surface area (Å²) in [4.78, 5) is 0. The molecule has 5 rings (SSSR count). The Morgan fingerprint density at radius 1 is 0.417 bits per heavy atom. The highest BCUT2D eigenvalue weighted by atomic mass is 14.2. The van der Waals surface area contributed by atoms with E-state index in [1.54, 1.807) is 0 Å². The van der Waals surface area contributed by atoms with Crippen molar-refractivity contribution in [1.29, 1.82) is 0 Å². The Morgan fingerprint density at radius 3 is 1.00 bits per heavy atom. The number of rotatable bonds is 2. The fourth-order valence-electron chi connectivity index (χ4n) is 4.16. The molecule has 0 aliphatic heterocycles. The molecule has 2 aliphatic rings. The quantitative estimate of drug-likeness (QED) is 0.480. The van der Waals surface area contributed by atoms with E-state index in [-0.39, 0.29) is 0 Å². The SMILES string of the molecule is C1=CC(c2c3ccccc3c(C3C=CC=C3)c3ccccc23)C=C1. The lowest BCUT2D eigenvalue weighted by Crippen LogP contribution is -2.00. The van der Waals surface area contributed by atoms with Crippen molar-refractivity contribution < 1.29 is 0 Å². The number of hydrogen-bond donors (Lipinski definition) is 0. The second kappa shape index (κ2) is 5.35. The highest BCUT2D eigenvalue weighted by molar-refractivity contribution is 6.07. The van der Waals surface area contributed by atoms with Gasteiger partial charge < -0.3 is 0 Å².